The maximum absolute atomic E-state index is 12.9. The van der Waals surface area contributed by atoms with Gasteiger partial charge in [0.25, 0.3) is 0 Å². The van der Waals surface area contributed by atoms with Crippen LogP contribution in [0.5, 0.6) is 0 Å². The standard InChI is InChI=1S/C60H116O6/c1-6-8-9-10-11-12-13-14-15-16-17-18-19-20-24-30-35-40-45-50-58(61)64-53-57(54-65-59(62)51-46-41-36-31-27-26-29-34-39-44-49-56(5)7-2)66-60(63)52-47-42-37-32-25-22-21-23-28-33-38-43-48-55(3)4/h55-57H,6-54H2,1-5H3/t56?,57-/m0/s1. The number of unbranched alkanes of at least 4 members (excludes halogenated alkanes) is 38. The van der Waals surface area contributed by atoms with E-state index in [2.05, 4.69) is 34.6 Å². The van der Waals surface area contributed by atoms with Crippen LogP contribution in [-0.2, 0) is 28.6 Å². The Morgan fingerprint density at radius 2 is 0.576 bits per heavy atom. The van der Waals surface area contributed by atoms with Crippen molar-refractivity contribution >= 4 is 17.9 Å². The monoisotopic (exact) mass is 933 g/mol. The number of esters is 3. The van der Waals surface area contributed by atoms with Crippen LogP contribution in [0.25, 0.3) is 0 Å². The molecule has 0 spiro atoms. The van der Waals surface area contributed by atoms with Gasteiger partial charge >= 0.3 is 17.9 Å². The van der Waals surface area contributed by atoms with Crippen molar-refractivity contribution in [1.29, 1.82) is 0 Å². The molecule has 66 heavy (non-hydrogen) atoms. The van der Waals surface area contributed by atoms with Crippen LogP contribution in [-0.4, -0.2) is 37.2 Å². The Morgan fingerprint density at radius 1 is 0.318 bits per heavy atom. The van der Waals surface area contributed by atoms with Crippen molar-refractivity contribution in [3.05, 3.63) is 0 Å². The lowest BCUT2D eigenvalue weighted by molar-refractivity contribution is -0.167. The van der Waals surface area contributed by atoms with Crippen molar-refractivity contribution in [2.75, 3.05) is 13.2 Å². The van der Waals surface area contributed by atoms with E-state index < -0.39 is 6.10 Å². The van der Waals surface area contributed by atoms with E-state index in [4.69, 9.17) is 14.2 Å². The molecule has 0 saturated heterocycles. The van der Waals surface area contributed by atoms with Gasteiger partial charge < -0.3 is 14.2 Å². The Labute approximate surface area is 412 Å². The van der Waals surface area contributed by atoms with Gasteiger partial charge in [-0.25, -0.2) is 0 Å². The first-order valence-electron chi connectivity index (χ1n) is 29.8. The maximum Gasteiger partial charge on any atom is 0.306 e. The molecule has 0 aliphatic carbocycles. The van der Waals surface area contributed by atoms with Crippen LogP contribution in [0.2, 0.25) is 0 Å². The van der Waals surface area contributed by atoms with Crippen LogP contribution >= 0.6 is 0 Å². The SMILES string of the molecule is CCCCCCCCCCCCCCCCCCCCCC(=O)OC[C@@H](COC(=O)CCCCCCCCCCCCC(C)CC)OC(=O)CCCCCCCCCCCCCCC(C)C. The predicted octanol–water partition coefficient (Wildman–Crippen LogP) is 19.7. The molecule has 392 valence electrons. The van der Waals surface area contributed by atoms with Crippen LogP contribution < -0.4 is 0 Å². The Bertz CT molecular complexity index is 1010. The molecule has 6 nitrogen and oxygen atoms in total. The van der Waals surface area contributed by atoms with Crippen LogP contribution in [0.1, 0.15) is 336 Å². The van der Waals surface area contributed by atoms with E-state index in [1.54, 1.807) is 0 Å². The van der Waals surface area contributed by atoms with Crippen LogP contribution in [0.4, 0.5) is 0 Å². The molecule has 0 aromatic heterocycles. The molecule has 6 heteroatoms. The molecule has 0 aliphatic rings. The van der Waals surface area contributed by atoms with E-state index in [-0.39, 0.29) is 31.1 Å². The first-order chi connectivity index (χ1) is 32.3. The normalized spacial score (nSPS) is 12.5. The zero-order valence-corrected chi connectivity index (χ0v) is 45.3. The van der Waals surface area contributed by atoms with Gasteiger partial charge in [0.15, 0.2) is 6.10 Å². The maximum atomic E-state index is 12.9. The minimum absolute atomic E-state index is 0.0627. The minimum Gasteiger partial charge on any atom is -0.462 e. The number of ether oxygens (including phenoxy) is 3. The number of hydrogen-bond acceptors (Lipinski definition) is 6. The van der Waals surface area contributed by atoms with Crippen molar-refractivity contribution in [3.63, 3.8) is 0 Å². The van der Waals surface area contributed by atoms with Crippen molar-refractivity contribution in [3.8, 4) is 0 Å². The first-order valence-corrected chi connectivity index (χ1v) is 29.8. The zero-order valence-electron chi connectivity index (χ0n) is 45.3. The Morgan fingerprint density at radius 3 is 0.864 bits per heavy atom. The summed E-state index contributed by atoms with van der Waals surface area (Å²) in [7, 11) is 0. The average Bonchev–Trinajstić information content (AvgIpc) is 3.30. The van der Waals surface area contributed by atoms with E-state index in [9.17, 15) is 14.4 Å². The molecule has 0 N–H and O–H groups in total. The third-order valence-corrected chi connectivity index (χ3v) is 14.1. The quantitative estimate of drug-likeness (QED) is 0.0343. The number of carbonyl (C=O) groups is 3. The number of hydrogen-bond donors (Lipinski definition) is 0. The van der Waals surface area contributed by atoms with Gasteiger partial charge in [0.1, 0.15) is 13.2 Å². The van der Waals surface area contributed by atoms with Crippen LogP contribution in [0.15, 0.2) is 0 Å². The second-order valence-electron chi connectivity index (χ2n) is 21.4. The minimum atomic E-state index is -0.763. The van der Waals surface area contributed by atoms with Crippen LogP contribution in [0, 0.1) is 11.8 Å². The predicted molar refractivity (Wildman–Crippen MR) is 284 cm³/mol. The fourth-order valence-corrected chi connectivity index (χ4v) is 9.20. The Kier molecular flexibility index (Phi) is 51.5. The van der Waals surface area contributed by atoms with Crippen molar-refractivity contribution < 1.29 is 28.6 Å². The van der Waals surface area contributed by atoms with Gasteiger partial charge in [-0.2, -0.15) is 0 Å². The highest BCUT2D eigenvalue weighted by Gasteiger charge is 2.19. The molecule has 0 aromatic rings. The molecular weight excluding hydrogens is 817 g/mol. The highest BCUT2D eigenvalue weighted by molar-refractivity contribution is 5.71. The molecule has 0 radical (unpaired) electrons. The van der Waals surface area contributed by atoms with E-state index in [0.717, 1.165) is 69.6 Å². The average molecular weight is 934 g/mol. The lowest BCUT2D eigenvalue weighted by Gasteiger charge is -2.18. The molecule has 0 aromatic carbocycles. The van der Waals surface area contributed by atoms with Gasteiger partial charge in [0.05, 0.1) is 0 Å². The summed E-state index contributed by atoms with van der Waals surface area (Å²) in [4.78, 5) is 38.2. The summed E-state index contributed by atoms with van der Waals surface area (Å²) in [5, 5.41) is 0. The number of rotatable bonds is 54. The lowest BCUT2D eigenvalue weighted by atomic mass is 9.99. The van der Waals surface area contributed by atoms with Gasteiger partial charge in [-0.15, -0.1) is 0 Å². The van der Waals surface area contributed by atoms with Crippen molar-refractivity contribution in [2.24, 2.45) is 11.8 Å². The largest absolute Gasteiger partial charge is 0.462 e. The molecule has 1 unspecified atom stereocenters. The summed E-state index contributed by atoms with van der Waals surface area (Å²) in [6.07, 6.45) is 56.6. The molecule has 0 rings (SSSR count). The molecule has 0 saturated carbocycles. The van der Waals surface area contributed by atoms with Gasteiger partial charge in [0, 0.05) is 19.3 Å². The van der Waals surface area contributed by atoms with E-state index in [0.29, 0.717) is 19.3 Å². The molecule has 2 atom stereocenters. The van der Waals surface area contributed by atoms with Crippen molar-refractivity contribution in [1.82, 2.24) is 0 Å². The summed E-state index contributed by atoms with van der Waals surface area (Å²) in [6.45, 7) is 11.4. The number of carbonyl (C=O) groups excluding carboxylic acids is 3. The van der Waals surface area contributed by atoms with E-state index in [1.165, 1.54) is 225 Å². The van der Waals surface area contributed by atoms with E-state index in [1.807, 2.05) is 0 Å². The van der Waals surface area contributed by atoms with E-state index >= 15 is 0 Å². The van der Waals surface area contributed by atoms with Crippen LogP contribution in [0.3, 0.4) is 0 Å². The summed E-state index contributed by atoms with van der Waals surface area (Å²) in [5.41, 5.74) is 0. The summed E-state index contributed by atoms with van der Waals surface area (Å²) in [6, 6.07) is 0. The van der Waals surface area contributed by atoms with Gasteiger partial charge in [-0.1, -0.05) is 298 Å². The van der Waals surface area contributed by atoms with Crippen molar-refractivity contribution in [2.45, 2.75) is 343 Å². The molecule has 0 amide bonds. The third-order valence-electron chi connectivity index (χ3n) is 14.1. The molecule has 0 heterocycles. The molecular formula is C60H116O6. The second kappa shape index (κ2) is 52.8. The highest BCUT2D eigenvalue weighted by Crippen LogP contribution is 2.19. The Hall–Kier alpha value is -1.59. The molecule has 0 fully saturated rings. The Balaban J connectivity index is 4.28. The summed E-state index contributed by atoms with van der Waals surface area (Å²) < 4.78 is 16.9. The summed E-state index contributed by atoms with van der Waals surface area (Å²) in [5.74, 6) is 0.863. The fraction of sp³-hybridized carbons (Fsp3) is 0.950. The second-order valence-corrected chi connectivity index (χ2v) is 21.4. The molecule has 0 aliphatic heterocycles. The zero-order chi connectivity index (χ0) is 48.2. The first kappa shape index (κ1) is 64.4. The highest BCUT2D eigenvalue weighted by atomic mass is 16.6. The summed E-state index contributed by atoms with van der Waals surface area (Å²) >= 11 is 0. The van der Waals surface area contributed by atoms with Gasteiger partial charge in [-0.3, -0.25) is 14.4 Å². The smallest absolute Gasteiger partial charge is 0.306 e. The lowest BCUT2D eigenvalue weighted by Crippen LogP contribution is -2.30. The van der Waals surface area contributed by atoms with Gasteiger partial charge in [0.2, 0.25) is 0 Å². The fourth-order valence-electron chi connectivity index (χ4n) is 9.20. The van der Waals surface area contributed by atoms with Gasteiger partial charge in [-0.05, 0) is 31.1 Å². The molecule has 0 bridgehead atoms. The third kappa shape index (κ3) is 51.8. The topological polar surface area (TPSA) is 78.9 Å².